The number of methoxy groups -OCH3 is 2. The Bertz CT molecular complexity index is 329. The first kappa shape index (κ1) is 15.1. The van der Waals surface area contributed by atoms with E-state index in [1.54, 1.807) is 14.2 Å². The molecule has 0 aromatic heterocycles. The summed E-state index contributed by atoms with van der Waals surface area (Å²) in [5, 5.41) is 0. The van der Waals surface area contributed by atoms with Gasteiger partial charge in [-0.15, -0.1) is 0 Å². The largest absolute Gasteiger partial charge is 1.00 e. The molecule has 0 radical (unpaired) electrons. The molecule has 0 saturated heterocycles. The van der Waals surface area contributed by atoms with Gasteiger partial charge in [-0.2, -0.15) is 0 Å². The van der Waals surface area contributed by atoms with E-state index in [1.807, 2.05) is 18.2 Å². The van der Waals surface area contributed by atoms with Gasteiger partial charge in [0.2, 0.25) is 0 Å². The van der Waals surface area contributed by atoms with Gasteiger partial charge in [-0.3, -0.25) is 0 Å². The van der Waals surface area contributed by atoms with E-state index in [1.165, 1.54) is 5.56 Å². The summed E-state index contributed by atoms with van der Waals surface area (Å²) in [5.41, 5.74) is 5.33. The molecule has 1 rings (SSSR count). The van der Waals surface area contributed by atoms with Gasteiger partial charge in [-0.1, -0.05) is 13.8 Å². The summed E-state index contributed by atoms with van der Waals surface area (Å²) in [5.74, 6) is 2.05. The first-order valence-corrected chi connectivity index (χ1v) is 5.15. The second-order valence-corrected chi connectivity index (χ2v) is 3.96. The van der Waals surface area contributed by atoms with Gasteiger partial charge in [0.15, 0.2) is 11.5 Å². The lowest BCUT2D eigenvalue weighted by atomic mass is 9.97. The van der Waals surface area contributed by atoms with Crippen LogP contribution in [0.3, 0.4) is 0 Å². The van der Waals surface area contributed by atoms with Crippen molar-refractivity contribution in [2.24, 2.45) is 5.92 Å². The van der Waals surface area contributed by atoms with Crippen LogP contribution in [0.1, 0.15) is 25.5 Å². The Morgan fingerprint density at radius 1 is 1.06 bits per heavy atom. The maximum Gasteiger partial charge on any atom is 0.161 e. The number of benzene rings is 1. The molecule has 3 nitrogen and oxygen atoms in total. The highest BCUT2D eigenvalue weighted by Gasteiger charge is 2.16. The van der Waals surface area contributed by atoms with E-state index in [4.69, 9.17) is 9.47 Å². The zero-order chi connectivity index (χ0) is 11.4. The van der Waals surface area contributed by atoms with Crippen molar-refractivity contribution in [1.82, 2.24) is 0 Å². The molecule has 1 aromatic carbocycles. The molecule has 0 aliphatic rings. The van der Waals surface area contributed by atoms with Crippen LogP contribution in [0, 0.1) is 5.92 Å². The standard InChI is InChI=1S/C12H19NO2.ClH/c1-8(2)12(13)9-5-6-10(14-3)11(7-9)15-4;/h5-8,12H,13H2,1-4H3;1H. The molecular weight excluding hydrogens is 226 g/mol. The van der Waals surface area contributed by atoms with Crippen LogP contribution in [0.15, 0.2) is 18.2 Å². The summed E-state index contributed by atoms with van der Waals surface area (Å²) in [6, 6.07) is 6.24. The fraction of sp³-hybridized carbons (Fsp3) is 0.500. The van der Waals surface area contributed by atoms with Gasteiger partial charge in [-0.25, -0.2) is 0 Å². The minimum Gasteiger partial charge on any atom is -1.00 e. The van der Waals surface area contributed by atoms with Crippen LogP contribution in [0.2, 0.25) is 0 Å². The van der Waals surface area contributed by atoms with E-state index < -0.39 is 0 Å². The zero-order valence-corrected chi connectivity index (χ0v) is 11.0. The molecule has 1 aromatic rings. The zero-order valence-electron chi connectivity index (χ0n) is 10.3. The van der Waals surface area contributed by atoms with Crippen LogP contribution in [-0.4, -0.2) is 14.2 Å². The van der Waals surface area contributed by atoms with E-state index >= 15 is 0 Å². The SMILES string of the molecule is COc1ccc(C([NH3+])C(C)C)cc1OC.[Cl-]. The normalized spacial score (nSPS) is 11.9. The second kappa shape index (κ2) is 6.61. The van der Waals surface area contributed by atoms with E-state index in [0.29, 0.717) is 5.92 Å². The first-order chi connectivity index (χ1) is 7.10. The molecule has 4 heteroatoms. The van der Waals surface area contributed by atoms with Gasteiger partial charge in [0.25, 0.3) is 0 Å². The highest BCUT2D eigenvalue weighted by Crippen LogP contribution is 2.30. The molecule has 0 amide bonds. The van der Waals surface area contributed by atoms with Gasteiger partial charge in [0.05, 0.1) is 14.2 Å². The summed E-state index contributed by atoms with van der Waals surface area (Å²) < 4.78 is 10.4. The van der Waals surface area contributed by atoms with Crippen LogP contribution >= 0.6 is 0 Å². The van der Waals surface area contributed by atoms with E-state index in [9.17, 15) is 0 Å². The van der Waals surface area contributed by atoms with Gasteiger partial charge in [-0.05, 0) is 18.2 Å². The molecule has 1 unspecified atom stereocenters. The molecule has 0 spiro atoms. The highest BCUT2D eigenvalue weighted by molar-refractivity contribution is 5.43. The van der Waals surface area contributed by atoms with Gasteiger partial charge < -0.3 is 27.6 Å². The summed E-state index contributed by atoms with van der Waals surface area (Å²) in [6.45, 7) is 4.32. The third kappa shape index (κ3) is 3.29. The fourth-order valence-electron chi connectivity index (χ4n) is 1.47. The summed E-state index contributed by atoms with van der Waals surface area (Å²) in [7, 11) is 3.29. The fourth-order valence-corrected chi connectivity index (χ4v) is 1.47. The van der Waals surface area contributed by atoms with Crippen LogP contribution in [0.4, 0.5) is 0 Å². The molecule has 0 fully saturated rings. The highest BCUT2D eigenvalue weighted by atomic mass is 35.5. The van der Waals surface area contributed by atoms with Gasteiger partial charge >= 0.3 is 0 Å². The number of rotatable bonds is 4. The monoisotopic (exact) mass is 245 g/mol. The topological polar surface area (TPSA) is 46.1 Å². The Balaban J connectivity index is 0.00000225. The number of hydrogen-bond donors (Lipinski definition) is 1. The van der Waals surface area contributed by atoms with Crippen LogP contribution in [0.5, 0.6) is 11.5 Å². The van der Waals surface area contributed by atoms with Crippen molar-refractivity contribution in [3.8, 4) is 11.5 Å². The Labute approximate surface area is 103 Å². The van der Waals surface area contributed by atoms with Crippen molar-refractivity contribution >= 4 is 0 Å². The lowest BCUT2D eigenvalue weighted by Gasteiger charge is -2.15. The average Bonchev–Trinajstić information content (AvgIpc) is 2.26. The smallest absolute Gasteiger partial charge is 0.161 e. The van der Waals surface area contributed by atoms with Crippen molar-refractivity contribution < 1.29 is 27.6 Å². The Morgan fingerprint density at radius 2 is 1.62 bits per heavy atom. The average molecular weight is 246 g/mol. The third-order valence-electron chi connectivity index (χ3n) is 2.64. The molecule has 16 heavy (non-hydrogen) atoms. The molecule has 0 aliphatic heterocycles. The molecule has 92 valence electrons. The molecule has 0 heterocycles. The Morgan fingerprint density at radius 3 is 2.06 bits per heavy atom. The maximum atomic E-state index is 5.25. The number of ether oxygens (including phenoxy) is 2. The van der Waals surface area contributed by atoms with Gasteiger partial charge in [0.1, 0.15) is 6.04 Å². The van der Waals surface area contributed by atoms with Crippen molar-refractivity contribution in [2.45, 2.75) is 19.9 Å². The molecule has 1 atom stereocenters. The minimum absolute atomic E-state index is 0. The number of halogens is 1. The second-order valence-electron chi connectivity index (χ2n) is 3.96. The predicted octanol–water partition coefficient (Wildman–Crippen LogP) is -1.35. The Kier molecular flexibility index (Phi) is 6.22. The van der Waals surface area contributed by atoms with Crippen molar-refractivity contribution in [2.75, 3.05) is 14.2 Å². The van der Waals surface area contributed by atoms with Crippen molar-refractivity contribution in [3.63, 3.8) is 0 Å². The first-order valence-electron chi connectivity index (χ1n) is 5.15. The van der Waals surface area contributed by atoms with Crippen LogP contribution in [-0.2, 0) is 0 Å². The molecule has 3 N–H and O–H groups in total. The van der Waals surface area contributed by atoms with Crippen molar-refractivity contribution in [1.29, 1.82) is 0 Å². The quantitative estimate of drug-likeness (QED) is 0.713. The number of hydrogen-bond acceptors (Lipinski definition) is 2. The molecule has 0 bridgehead atoms. The minimum atomic E-state index is 0. The summed E-state index contributed by atoms with van der Waals surface area (Å²) in [6.07, 6.45) is 0. The molecular formula is C12H20ClNO2. The lowest BCUT2D eigenvalue weighted by Crippen LogP contribution is -3.00. The molecule has 0 saturated carbocycles. The van der Waals surface area contributed by atoms with Gasteiger partial charge in [0, 0.05) is 11.5 Å². The number of quaternary nitrogens is 1. The summed E-state index contributed by atoms with van der Waals surface area (Å²) >= 11 is 0. The summed E-state index contributed by atoms with van der Waals surface area (Å²) in [4.78, 5) is 0. The van der Waals surface area contributed by atoms with Crippen LogP contribution < -0.4 is 27.6 Å². The third-order valence-corrected chi connectivity index (χ3v) is 2.64. The van der Waals surface area contributed by atoms with E-state index in [2.05, 4.69) is 19.6 Å². The lowest BCUT2D eigenvalue weighted by molar-refractivity contribution is -0.438. The Hall–Kier alpha value is -0.930. The van der Waals surface area contributed by atoms with E-state index in [-0.39, 0.29) is 18.4 Å². The van der Waals surface area contributed by atoms with Crippen LogP contribution in [0.25, 0.3) is 0 Å². The van der Waals surface area contributed by atoms with E-state index in [0.717, 1.165) is 11.5 Å². The van der Waals surface area contributed by atoms with Crippen molar-refractivity contribution in [3.05, 3.63) is 23.8 Å². The maximum absolute atomic E-state index is 5.25. The molecule has 0 aliphatic carbocycles. The predicted molar refractivity (Wildman–Crippen MR) is 60.0 cm³/mol.